The van der Waals surface area contributed by atoms with Crippen LogP contribution in [0, 0.1) is 6.92 Å². The average molecular weight is 402 g/mol. The second kappa shape index (κ2) is 9.88. The Hall–Kier alpha value is -3.13. The predicted molar refractivity (Wildman–Crippen MR) is 107 cm³/mol. The molecule has 8 heteroatoms. The minimum Gasteiger partial charge on any atom is -0.497 e. The Labute approximate surface area is 169 Å². The number of carbonyl (C=O) groups is 3. The number of benzene rings is 1. The first-order chi connectivity index (χ1) is 13.8. The molecule has 0 aliphatic rings. The van der Waals surface area contributed by atoms with E-state index in [0.717, 1.165) is 0 Å². The third kappa shape index (κ3) is 5.03. The van der Waals surface area contributed by atoms with E-state index in [1.54, 1.807) is 52.1 Å². The molecule has 0 spiro atoms. The van der Waals surface area contributed by atoms with Gasteiger partial charge in [-0.05, 0) is 38.5 Å². The number of aryl methyl sites for hydroxylation is 1. The predicted octanol–water partition coefficient (Wildman–Crippen LogP) is 2.51. The molecule has 8 nitrogen and oxygen atoms in total. The zero-order chi connectivity index (χ0) is 21.6. The van der Waals surface area contributed by atoms with E-state index in [0.29, 0.717) is 22.6 Å². The molecule has 0 unspecified atom stereocenters. The first kappa shape index (κ1) is 22.2. The summed E-state index contributed by atoms with van der Waals surface area (Å²) in [6.45, 7) is 5.53. The largest absolute Gasteiger partial charge is 0.497 e. The standard InChI is InChI=1S/C21H26N2O6/c1-6-29-21(26)16-13(3)23-18(19(24)20(25)22-12(2)11-27-4)17(16)14-7-9-15(28-5)10-8-14/h7-10,12,23H,6,11H2,1-5H3,(H,22,25)/t12-/m0/s1. The fourth-order valence-corrected chi connectivity index (χ4v) is 2.99. The Morgan fingerprint density at radius 1 is 1.14 bits per heavy atom. The Morgan fingerprint density at radius 3 is 2.34 bits per heavy atom. The summed E-state index contributed by atoms with van der Waals surface area (Å²) in [5.41, 5.74) is 1.59. The number of aromatic nitrogens is 1. The molecule has 0 aliphatic heterocycles. The highest BCUT2D eigenvalue weighted by molar-refractivity contribution is 6.44. The molecule has 2 aromatic rings. The highest BCUT2D eigenvalue weighted by Gasteiger charge is 2.30. The third-order valence-corrected chi connectivity index (χ3v) is 4.27. The summed E-state index contributed by atoms with van der Waals surface area (Å²) >= 11 is 0. The van der Waals surface area contributed by atoms with E-state index < -0.39 is 17.7 Å². The summed E-state index contributed by atoms with van der Waals surface area (Å²) in [7, 11) is 3.05. The first-order valence-electron chi connectivity index (χ1n) is 9.22. The van der Waals surface area contributed by atoms with E-state index in [-0.39, 0.29) is 30.5 Å². The van der Waals surface area contributed by atoms with Crippen LogP contribution in [0.2, 0.25) is 0 Å². The molecule has 1 atom stereocenters. The van der Waals surface area contributed by atoms with Gasteiger partial charge in [0.25, 0.3) is 11.7 Å². The van der Waals surface area contributed by atoms with Crippen LogP contribution < -0.4 is 10.1 Å². The van der Waals surface area contributed by atoms with Gasteiger partial charge in [0.05, 0.1) is 25.9 Å². The quantitative estimate of drug-likeness (QED) is 0.379. The van der Waals surface area contributed by atoms with Gasteiger partial charge in [-0.25, -0.2) is 4.79 Å². The van der Waals surface area contributed by atoms with Crippen LogP contribution in [0.5, 0.6) is 5.75 Å². The van der Waals surface area contributed by atoms with Crippen LogP contribution >= 0.6 is 0 Å². The van der Waals surface area contributed by atoms with Crippen molar-refractivity contribution in [3.8, 4) is 16.9 Å². The van der Waals surface area contributed by atoms with Crippen molar-refractivity contribution < 1.29 is 28.6 Å². The van der Waals surface area contributed by atoms with Gasteiger partial charge in [0.15, 0.2) is 0 Å². The molecular formula is C21H26N2O6. The van der Waals surface area contributed by atoms with Gasteiger partial charge in [-0.15, -0.1) is 0 Å². The lowest BCUT2D eigenvalue weighted by molar-refractivity contribution is -0.117. The second-order valence-electron chi connectivity index (χ2n) is 6.48. The Bertz CT molecular complexity index is 885. The SMILES string of the molecule is CCOC(=O)c1c(C)[nH]c(C(=O)C(=O)N[C@@H](C)COC)c1-c1ccc(OC)cc1. The molecule has 2 rings (SSSR count). The van der Waals surface area contributed by atoms with Crippen molar-refractivity contribution in [3.05, 3.63) is 41.2 Å². The van der Waals surface area contributed by atoms with Crippen molar-refractivity contribution in [2.75, 3.05) is 27.4 Å². The normalized spacial score (nSPS) is 11.6. The van der Waals surface area contributed by atoms with Crippen molar-refractivity contribution >= 4 is 17.7 Å². The minimum atomic E-state index is -0.791. The number of esters is 1. The number of aromatic amines is 1. The summed E-state index contributed by atoms with van der Waals surface area (Å²) in [5.74, 6) is -1.52. The molecular weight excluding hydrogens is 376 g/mol. The van der Waals surface area contributed by atoms with Crippen molar-refractivity contribution in [2.45, 2.75) is 26.8 Å². The van der Waals surface area contributed by atoms with Crippen LogP contribution in [0.4, 0.5) is 0 Å². The zero-order valence-electron chi connectivity index (χ0n) is 17.3. The molecule has 156 valence electrons. The molecule has 1 aromatic heterocycles. The van der Waals surface area contributed by atoms with Crippen molar-refractivity contribution in [1.29, 1.82) is 0 Å². The molecule has 0 fully saturated rings. The zero-order valence-corrected chi connectivity index (χ0v) is 17.3. The van der Waals surface area contributed by atoms with Crippen molar-refractivity contribution in [1.82, 2.24) is 10.3 Å². The van der Waals surface area contributed by atoms with Gasteiger partial charge in [0, 0.05) is 24.4 Å². The van der Waals surface area contributed by atoms with Gasteiger partial charge in [-0.1, -0.05) is 12.1 Å². The number of amides is 1. The summed E-state index contributed by atoms with van der Waals surface area (Å²) < 4.78 is 15.3. The van der Waals surface area contributed by atoms with Gasteiger partial charge in [-0.2, -0.15) is 0 Å². The maximum absolute atomic E-state index is 12.9. The lowest BCUT2D eigenvalue weighted by Gasteiger charge is -2.12. The van der Waals surface area contributed by atoms with Crippen LogP contribution in [0.25, 0.3) is 11.1 Å². The monoisotopic (exact) mass is 402 g/mol. The highest BCUT2D eigenvalue weighted by atomic mass is 16.5. The molecule has 29 heavy (non-hydrogen) atoms. The topological polar surface area (TPSA) is 107 Å². The van der Waals surface area contributed by atoms with E-state index in [1.807, 2.05) is 0 Å². The molecule has 2 N–H and O–H groups in total. The smallest absolute Gasteiger partial charge is 0.340 e. The second-order valence-corrected chi connectivity index (χ2v) is 6.48. The Balaban J connectivity index is 2.53. The minimum absolute atomic E-state index is 0.0258. The van der Waals surface area contributed by atoms with Gasteiger partial charge < -0.3 is 24.5 Å². The number of ether oxygens (including phenoxy) is 3. The van der Waals surface area contributed by atoms with Gasteiger partial charge in [0.2, 0.25) is 0 Å². The van der Waals surface area contributed by atoms with Crippen LogP contribution in [-0.4, -0.2) is 56.1 Å². The number of ketones is 1. The number of hydrogen-bond acceptors (Lipinski definition) is 6. The molecule has 0 saturated carbocycles. The Kier molecular flexibility index (Phi) is 7.55. The molecule has 0 radical (unpaired) electrons. The highest BCUT2D eigenvalue weighted by Crippen LogP contribution is 2.32. The molecule has 0 bridgehead atoms. The summed E-state index contributed by atoms with van der Waals surface area (Å²) in [5, 5.41) is 2.59. The summed E-state index contributed by atoms with van der Waals surface area (Å²) in [4.78, 5) is 40.8. The lowest BCUT2D eigenvalue weighted by Crippen LogP contribution is -2.40. The number of nitrogens with one attached hydrogen (secondary N) is 2. The van der Waals surface area contributed by atoms with Crippen molar-refractivity contribution in [2.24, 2.45) is 0 Å². The van der Waals surface area contributed by atoms with E-state index >= 15 is 0 Å². The maximum Gasteiger partial charge on any atom is 0.340 e. The number of Topliss-reactive ketones (excluding diaryl/α,β-unsaturated/α-hetero) is 1. The lowest BCUT2D eigenvalue weighted by atomic mass is 9.98. The molecule has 1 heterocycles. The number of carbonyl (C=O) groups excluding carboxylic acids is 3. The average Bonchev–Trinajstić information content (AvgIpc) is 3.04. The van der Waals surface area contributed by atoms with E-state index in [2.05, 4.69) is 10.3 Å². The summed E-state index contributed by atoms with van der Waals surface area (Å²) in [6, 6.07) is 6.50. The van der Waals surface area contributed by atoms with Crippen LogP contribution in [-0.2, 0) is 14.3 Å². The molecule has 1 aromatic carbocycles. The number of rotatable bonds is 9. The van der Waals surface area contributed by atoms with Gasteiger partial charge in [-0.3, -0.25) is 9.59 Å². The number of methoxy groups -OCH3 is 2. The third-order valence-electron chi connectivity index (χ3n) is 4.27. The van der Waals surface area contributed by atoms with E-state index in [4.69, 9.17) is 14.2 Å². The van der Waals surface area contributed by atoms with E-state index in [9.17, 15) is 14.4 Å². The summed E-state index contributed by atoms with van der Waals surface area (Å²) in [6.07, 6.45) is 0. The maximum atomic E-state index is 12.9. The van der Waals surface area contributed by atoms with Crippen LogP contribution in [0.1, 0.15) is 40.4 Å². The van der Waals surface area contributed by atoms with Gasteiger partial charge >= 0.3 is 5.97 Å². The number of hydrogen-bond donors (Lipinski definition) is 2. The Morgan fingerprint density at radius 2 is 1.79 bits per heavy atom. The van der Waals surface area contributed by atoms with Crippen molar-refractivity contribution in [3.63, 3.8) is 0 Å². The molecule has 1 amide bonds. The number of H-pyrrole nitrogens is 1. The fraction of sp³-hybridized carbons (Fsp3) is 0.381. The first-order valence-corrected chi connectivity index (χ1v) is 9.22. The van der Waals surface area contributed by atoms with Crippen LogP contribution in [0.3, 0.4) is 0 Å². The molecule has 0 saturated heterocycles. The van der Waals surface area contributed by atoms with E-state index in [1.165, 1.54) is 7.11 Å². The van der Waals surface area contributed by atoms with Crippen LogP contribution in [0.15, 0.2) is 24.3 Å². The van der Waals surface area contributed by atoms with Gasteiger partial charge in [0.1, 0.15) is 11.4 Å². The molecule has 0 aliphatic carbocycles. The fourth-order valence-electron chi connectivity index (χ4n) is 2.99.